The smallest absolute Gasteiger partial charge is 0.332 e. The van der Waals surface area contributed by atoms with Crippen LogP contribution in [0.15, 0.2) is 24.3 Å². The number of esters is 1. The van der Waals surface area contributed by atoms with E-state index < -0.39 is 26.6 Å². The molecule has 1 heterocycles. The lowest BCUT2D eigenvalue weighted by molar-refractivity contribution is -0.167. The van der Waals surface area contributed by atoms with E-state index in [-0.39, 0.29) is 17.4 Å². The number of rotatable bonds is 6. The Hall–Kier alpha value is -1.86. The van der Waals surface area contributed by atoms with Crippen LogP contribution in [0.5, 0.6) is 5.75 Å². The van der Waals surface area contributed by atoms with Crippen molar-refractivity contribution in [3.8, 4) is 5.75 Å². The second-order valence-electron chi connectivity index (χ2n) is 8.06. The van der Waals surface area contributed by atoms with E-state index in [1.165, 1.54) is 4.90 Å². The zero-order valence-corrected chi connectivity index (χ0v) is 17.7. The summed E-state index contributed by atoms with van der Waals surface area (Å²) in [5.41, 5.74) is 0.655. The maximum atomic E-state index is 12.5. The number of hydrogen-bond donors (Lipinski definition) is 0. The molecule has 0 aliphatic carbocycles. The summed E-state index contributed by atoms with van der Waals surface area (Å²) in [7, 11) is -0.461. The molecule has 2 rings (SSSR count). The first kappa shape index (κ1) is 20.4. The lowest BCUT2D eigenvalue weighted by atomic mass is 10.0. The Labute approximate surface area is 156 Å². The lowest BCUT2D eigenvalue weighted by Gasteiger charge is -2.40. The molecule has 0 radical (unpaired) electrons. The monoisotopic (exact) mass is 379 g/mol. The van der Waals surface area contributed by atoms with Crippen LogP contribution in [0.4, 0.5) is 5.69 Å². The third kappa shape index (κ3) is 4.27. The van der Waals surface area contributed by atoms with E-state index in [0.29, 0.717) is 11.4 Å². The first-order valence-corrected chi connectivity index (χ1v) is 11.7. The van der Waals surface area contributed by atoms with Crippen LogP contribution in [-0.2, 0) is 18.8 Å². The van der Waals surface area contributed by atoms with Gasteiger partial charge in [0.25, 0.3) is 0 Å². The lowest BCUT2D eigenvalue weighted by Crippen LogP contribution is -2.58. The Morgan fingerprint density at radius 1 is 1.23 bits per heavy atom. The van der Waals surface area contributed by atoms with E-state index in [0.717, 1.165) is 0 Å². The molecule has 0 bridgehead atoms. The maximum Gasteiger partial charge on any atom is 0.332 e. The molecule has 144 valence electrons. The third-order valence-electron chi connectivity index (χ3n) is 5.12. The SMILES string of the molecule is COc1ccc(N2C(=O)CC2C(=O)O[C@@H](C)O[Si](C)(C)C(C)(C)C)cc1. The molecule has 2 atom stereocenters. The molecule has 1 fully saturated rings. The van der Waals surface area contributed by atoms with Crippen LogP contribution >= 0.6 is 0 Å². The topological polar surface area (TPSA) is 65.1 Å². The first-order valence-electron chi connectivity index (χ1n) is 8.80. The number of ether oxygens (including phenoxy) is 2. The van der Waals surface area contributed by atoms with Crippen LogP contribution in [0, 0.1) is 0 Å². The fourth-order valence-electron chi connectivity index (χ4n) is 2.53. The first-order chi connectivity index (χ1) is 12.0. The van der Waals surface area contributed by atoms with Gasteiger partial charge in [-0.3, -0.25) is 9.69 Å². The number of methoxy groups -OCH3 is 1. The summed E-state index contributed by atoms with van der Waals surface area (Å²) in [6.45, 7) is 12.3. The number of nitrogens with zero attached hydrogens (tertiary/aromatic N) is 1. The molecule has 7 heteroatoms. The van der Waals surface area contributed by atoms with Crippen LogP contribution in [0.25, 0.3) is 0 Å². The minimum Gasteiger partial charge on any atom is -0.497 e. The highest BCUT2D eigenvalue weighted by Crippen LogP contribution is 2.37. The van der Waals surface area contributed by atoms with Crippen LogP contribution in [0.2, 0.25) is 18.1 Å². The fraction of sp³-hybridized carbons (Fsp3) is 0.579. The number of β-lactam (4-membered cyclic amide) rings is 1. The van der Waals surface area contributed by atoms with Crippen LogP contribution in [0.3, 0.4) is 0 Å². The van der Waals surface area contributed by atoms with Gasteiger partial charge in [0, 0.05) is 5.69 Å². The largest absolute Gasteiger partial charge is 0.497 e. The van der Waals surface area contributed by atoms with Crippen molar-refractivity contribution in [2.75, 3.05) is 12.0 Å². The highest BCUT2D eigenvalue weighted by Gasteiger charge is 2.45. The van der Waals surface area contributed by atoms with Gasteiger partial charge in [0.2, 0.25) is 5.91 Å². The Bertz CT molecular complexity index is 666. The van der Waals surface area contributed by atoms with Crippen LogP contribution in [-0.4, -0.2) is 39.6 Å². The van der Waals surface area contributed by atoms with Gasteiger partial charge in [-0.15, -0.1) is 0 Å². The summed E-state index contributed by atoms with van der Waals surface area (Å²) in [5.74, 6) is 0.152. The summed E-state index contributed by atoms with van der Waals surface area (Å²) >= 11 is 0. The summed E-state index contributed by atoms with van der Waals surface area (Å²) in [6, 6.07) is 6.41. The number of carbonyl (C=O) groups is 2. The third-order valence-corrected chi connectivity index (χ3v) is 9.65. The van der Waals surface area contributed by atoms with Gasteiger partial charge in [-0.05, 0) is 49.3 Å². The fourth-order valence-corrected chi connectivity index (χ4v) is 3.76. The minimum atomic E-state index is -2.04. The number of hydrogen-bond acceptors (Lipinski definition) is 5. The van der Waals surface area contributed by atoms with Gasteiger partial charge in [-0.2, -0.15) is 0 Å². The summed E-state index contributed by atoms with van der Waals surface area (Å²) in [4.78, 5) is 26.0. The predicted octanol–water partition coefficient (Wildman–Crippen LogP) is 3.71. The molecular formula is C19H29NO5Si. The summed E-state index contributed by atoms with van der Waals surface area (Å²) < 4.78 is 16.7. The average Bonchev–Trinajstić information content (AvgIpc) is 2.51. The zero-order valence-electron chi connectivity index (χ0n) is 16.7. The van der Waals surface area contributed by atoms with E-state index in [2.05, 4.69) is 33.9 Å². The Morgan fingerprint density at radius 3 is 2.27 bits per heavy atom. The van der Waals surface area contributed by atoms with Crippen molar-refractivity contribution >= 4 is 25.9 Å². The highest BCUT2D eigenvalue weighted by atomic mass is 28.4. The van der Waals surface area contributed by atoms with Gasteiger partial charge in [-0.25, -0.2) is 4.79 Å². The van der Waals surface area contributed by atoms with Gasteiger partial charge in [0.05, 0.1) is 13.5 Å². The molecule has 0 N–H and O–H groups in total. The predicted molar refractivity (Wildman–Crippen MR) is 103 cm³/mol. The van der Waals surface area contributed by atoms with Crippen molar-refractivity contribution in [2.45, 2.75) is 64.6 Å². The molecule has 26 heavy (non-hydrogen) atoms. The standard InChI is InChI=1S/C19H29NO5Si/c1-13(25-26(6,7)19(2,3)4)24-18(22)16-12-17(21)20(16)14-8-10-15(23-5)11-9-14/h8-11,13,16H,12H2,1-7H3/t13-,16?/m1/s1. The van der Waals surface area contributed by atoms with Gasteiger partial charge in [0.15, 0.2) is 14.6 Å². The molecule has 1 aromatic carbocycles. The quantitative estimate of drug-likeness (QED) is 0.326. The maximum absolute atomic E-state index is 12.5. The molecule has 0 aromatic heterocycles. The van der Waals surface area contributed by atoms with Gasteiger partial charge >= 0.3 is 5.97 Å². The van der Waals surface area contributed by atoms with Crippen molar-refractivity contribution in [3.63, 3.8) is 0 Å². The Morgan fingerprint density at radius 2 is 1.81 bits per heavy atom. The second kappa shape index (κ2) is 7.40. The van der Waals surface area contributed by atoms with E-state index in [9.17, 15) is 9.59 Å². The zero-order chi connectivity index (χ0) is 19.7. The molecule has 1 aromatic rings. The van der Waals surface area contributed by atoms with E-state index in [4.69, 9.17) is 13.9 Å². The molecule has 1 aliphatic heterocycles. The van der Waals surface area contributed by atoms with E-state index >= 15 is 0 Å². The molecule has 6 nitrogen and oxygen atoms in total. The van der Waals surface area contributed by atoms with Crippen molar-refractivity contribution in [1.82, 2.24) is 0 Å². The van der Waals surface area contributed by atoms with Gasteiger partial charge in [-0.1, -0.05) is 20.8 Å². The van der Waals surface area contributed by atoms with Crippen LogP contribution in [0.1, 0.15) is 34.1 Å². The molecule has 1 unspecified atom stereocenters. The van der Waals surface area contributed by atoms with E-state index in [1.807, 2.05) is 0 Å². The average molecular weight is 380 g/mol. The van der Waals surface area contributed by atoms with Crippen molar-refractivity contribution < 1.29 is 23.5 Å². The second-order valence-corrected chi connectivity index (χ2v) is 12.8. The molecule has 1 aliphatic rings. The van der Waals surface area contributed by atoms with Crippen molar-refractivity contribution in [1.29, 1.82) is 0 Å². The molecule has 0 saturated carbocycles. The molecular weight excluding hydrogens is 350 g/mol. The van der Waals surface area contributed by atoms with Crippen LogP contribution < -0.4 is 9.64 Å². The Kier molecular flexibility index (Phi) is 5.82. The molecule has 1 saturated heterocycles. The van der Waals surface area contributed by atoms with Gasteiger partial charge in [0.1, 0.15) is 11.8 Å². The number of anilines is 1. The van der Waals surface area contributed by atoms with Gasteiger partial charge < -0.3 is 13.9 Å². The number of benzene rings is 1. The number of amides is 1. The normalized spacial score (nSPS) is 19.0. The Balaban J connectivity index is 2.01. The number of carbonyl (C=O) groups excluding carboxylic acids is 2. The van der Waals surface area contributed by atoms with Crippen molar-refractivity contribution in [2.24, 2.45) is 0 Å². The van der Waals surface area contributed by atoms with Crippen molar-refractivity contribution in [3.05, 3.63) is 24.3 Å². The highest BCUT2D eigenvalue weighted by molar-refractivity contribution is 6.74. The summed E-state index contributed by atoms with van der Waals surface area (Å²) in [5, 5.41) is 0.0230. The molecule has 0 spiro atoms. The van der Waals surface area contributed by atoms with E-state index in [1.54, 1.807) is 38.3 Å². The minimum absolute atomic E-state index is 0.0230. The summed E-state index contributed by atoms with van der Waals surface area (Å²) in [6.07, 6.45) is -0.491. The molecule has 1 amide bonds.